The maximum Gasteiger partial charge on any atom is 0.279 e. The monoisotopic (exact) mass is 249 g/mol. The zero-order chi connectivity index (χ0) is 12.2. The molecule has 1 heterocycles. The van der Waals surface area contributed by atoms with E-state index in [0.717, 1.165) is 12.8 Å². The highest BCUT2D eigenvalue weighted by Crippen LogP contribution is 2.18. The lowest BCUT2D eigenvalue weighted by Crippen LogP contribution is -2.52. The Bertz CT molecular complexity index is 305. The smallest absolute Gasteiger partial charge is 0.279 e. The first-order valence-corrected chi connectivity index (χ1v) is 7.37. The van der Waals surface area contributed by atoms with Crippen molar-refractivity contribution >= 4 is 10.2 Å². The van der Waals surface area contributed by atoms with Crippen molar-refractivity contribution in [3.8, 4) is 0 Å². The van der Waals surface area contributed by atoms with Crippen LogP contribution in [0, 0.1) is 5.92 Å². The number of hydrogen-bond acceptors (Lipinski definition) is 3. The predicted molar refractivity (Wildman–Crippen MR) is 65.4 cm³/mol. The lowest BCUT2D eigenvalue weighted by atomic mass is 9.96. The van der Waals surface area contributed by atoms with Crippen LogP contribution in [0.15, 0.2) is 0 Å². The van der Waals surface area contributed by atoms with E-state index in [9.17, 15) is 8.42 Å². The van der Waals surface area contributed by atoms with E-state index in [1.165, 1.54) is 0 Å². The number of nitrogens with zero attached hydrogens (tertiary/aromatic N) is 1. The highest BCUT2D eigenvalue weighted by atomic mass is 32.2. The molecule has 2 unspecified atom stereocenters. The summed E-state index contributed by atoms with van der Waals surface area (Å²) < 4.78 is 27.9. The summed E-state index contributed by atoms with van der Waals surface area (Å²) in [4.78, 5) is 0. The van der Waals surface area contributed by atoms with Gasteiger partial charge in [-0.2, -0.15) is 12.7 Å². The molecular formula is C10H23N3O2S. The molecule has 0 spiro atoms. The normalized spacial score (nSPS) is 28.2. The summed E-state index contributed by atoms with van der Waals surface area (Å²) in [5.41, 5.74) is 0. The summed E-state index contributed by atoms with van der Waals surface area (Å²) in [7, 11) is -1.32. The molecule has 1 aliphatic heterocycles. The van der Waals surface area contributed by atoms with E-state index in [4.69, 9.17) is 0 Å². The molecule has 0 amide bonds. The molecule has 1 rings (SSSR count). The quantitative estimate of drug-likeness (QED) is 0.730. The fraction of sp³-hybridized carbons (Fsp3) is 1.00. The average molecular weight is 249 g/mol. The Morgan fingerprint density at radius 2 is 2.12 bits per heavy atom. The van der Waals surface area contributed by atoms with Gasteiger partial charge in [0.1, 0.15) is 0 Å². The van der Waals surface area contributed by atoms with E-state index in [1.807, 2.05) is 14.0 Å². The summed E-state index contributed by atoms with van der Waals surface area (Å²) in [6.45, 7) is 5.77. The van der Waals surface area contributed by atoms with Crippen LogP contribution in [0.4, 0.5) is 0 Å². The maximum absolute atomic E-state index is 11.9. The third kappa shape index (κ3) is 3.41. The molecule has 16 heavy (non-hydrogen) atoms. The lowest BCUT2D eigenvalue weighted by Gasteiger charge is -2.35. The van der Waals surface area contributed by atoms with Gasteiger partial charge in [-0.15, -0.1) is 0 Å². The SMILES string of the molecule is CCCNS(=O)(=O)N1CCC(NC)C(C)C1. The first kappa shape index (κ1) is 13.9. The van der Waals surface area contributed by atoms with Gasteiger partial charge in [0, 0.05) is 25.7 Å². The third-order valence-electron chi connectivity index (χ3n) is 3.11. The Balaban J connectivity index is 2.56. The molecule has 0 aromatic rings. The second kappa shape index (κ2) is 5.95. The highest BCUT2D eigenvalue weighted by Gasteiger charge is 2.31. The fourth-order valence-electron chi connectivity index (χ4n) is 2.08. The average Bonchev–Trinajstić information content (AvgIpc) is 2.26. The van der Waals surface area contributed by atoms with E-state index >= 15 is 0 Å². The van der Waals surface area contributed by atoms with Gasteiger partial charge < -0.3 is 5.32 Å². The highest BCUT2D eigenvalue weighted by molar-refractivity contribution is 7.87. The fourth-order valence-corrected chi connectivity index (χ4v) is 3.50. The van der Waals surface area contributed by atoms with Gasteiger partial charge in [-0.3, -0.25) is 0 Å². The molecule has 6 heteroatoms. The van der Waals surface area contributed by atoms with Crippen LogP contribution in [0.1, 0.15) is 26.7 Å². The minimum atomic E-state index is -3.25. The second-order valence-corrected chi connectivity index (χ2v) is 6.17. The molecule has 1 aliphatic rings. The lowest BCUT2D eigenvalue weighted by molar-refractivity contribution is 0.226. The van der Waals surface area contributed by atoms with Crippen molar-refractivity contribution < 1.29 is 8.42 Å². The topological polar surface area (TPSA) is 61.4 Å². The largest absolute Gasteiger partial charge is 0.317 e. The van der Waals surface area contributed by atoms with Gasteiger partial charge in [-0.1, -0.05) is 13.8 Å². The van der Waals surface area contributed by atoms with Crippen LogP contribution in [0.3, 0.4) is 0 Å². The number of hydrogen-bond donors (Lipinski definition) is 2. The van der Waals surface area contributed by atoms with Gasteiger partial charge in [0.15, 0.2) is 0 Å². The minimum Gasteiger partial charge on any atom is -0.317 e. The van der Waals surface area contributed by atoms with Crippen LogP contribution in [0.2, 0.25) is 0 Å². The van der Waals surface area contributed by atoms with E-state index in [-0.39, 0.29) is 0 Å². The molecular weight excluding hydrogens is 226 g/mol. The molecule has 0 bridgehead atoms. The van der Waals surface area contributed by atoms with Gasteiger partial charge in [-0.25, -0.2) is 4.72 Å². The Morgan fingerprint density at radius 1 is 1.44 bits per heavy atom. The molecule has 0 aromatic carbocycles. The molecule has 96 valence electrons. The van der Waals surface area contributed by atoms with E-state index in [2.05, 4.69) is 17.0 Å². The van der Waals surface area contributed by atoms with Crippen molar-refractivity contribution in [2.45, 2.75) is 32.7 Å². The first-order valence-electron chi connectivity index (χ1n) is 5.93. The molecule has 0 aromatic heterocycles. The zero-order valence-electron chi connectivity index (χ0n) is 10.4. The van der Waals surface area contributed by atoms with Crippen molar-refractivity contribution in [1.82, 2.24) is 14.3 Å². The zero-order valence-corrected chi connectivity index (χ0v) is 11.2. The summed E-state index contributed by atoms with van der Waals surface area (Å²) in [6, 6.07) is 0.428. The van der Waals surface area contributed by atoms with E-state index in [1.54, 1.807) is 4.31 Å². The molecule has 0 aliphatic carbocycles. The van der Waals surface area contributed by atoms with Crippen molar-refractivity contribution in [2.75, 3.05) is 26.7 Å². The number of nitrogens with one attached hydrogen (secondary N) is 2. The first-order chi connectivity index (χ1) is 7.51. The predicted octanol–water partition coefficient (Wildman–Crippen LogP) is 0.161. The Morgan fingerprint density at radius 3 is 2.62 bits per heavy atom. The molecule has 0 saturated carbocycles. The van der Waals surface area contributed by atoms with Crippen molar-refractivity contribution in [1.29, 1.82) is 0 Å². The molecule has 1 saturated heterocycles. The standard InChI is InChI=1S/C10H23N3O2S/c1-4-6-12-16(14,15)13-7-5-10(11-3)9(2)8-13/h9-12H,4-8H2,1-3H3. The molecule has 0 radical (unpaired) electrons. The Hall–Kier alpha value is -0.170. The second-order valence-electron chi connectivity index (χ2n) is 4.42. The van der Waals surface area contributed by atoms with Gasteiger partial charge >= 0.3 is 0 Å². The molecule has 2 atom stereocenters. The van der Waals surface area contributed by atoms with Gasteiger partial charge in [0.25, 0.3) is 10.2 Å². The number of rotatable bonds is 5. The van der Waals surface area contributed by atoms with Gasteiger partial charge in [0.05, 0.1) is 0 Å². The Labute approximate surface area is 98.8 Å². The van der Waals surface area contributed by atoms with Crippen LogP contribution in [-0.2, 0) is 10.2 Å². The maximum atomic E-state index is 11.9. The van der Waals surface area contributed by atoms with Crippen LogP contribution in [0.25, 0.3) is 0 Å². The Kier molecular flexibility index (Phi) is 5.17. The summed E-state index contributed by atoms with van der Waals surface area (Å²) >= 11 is 0. The minimum absolute atomic E-state index is 0.358. The summed E-state index contributed by atoms with van der Waals surface area (Å²) in [5, 5.41) is 3.23. The summed E-state index contributed by atoms with van der Waals surface area (Å²) in [5.74, 6) is 0.358. The van der Waals surface area contributed by atoms with Crippen LogP contribution >= 0.6 is 0 Å². The van der Waals surface area contributed by atoms with Crippen molar-refractivity contribution in [3.63, 3.8) is 0 Å². The van der Waals surface area contributed by atoms with Crippen LogP contribution < -0.4 is 10.0 Å². The molecule has 5 nitrogen and oxygen atoms in total. The van der Waals surface area contributed by atoms with Gasteiger partial charge in [-0.05, 0) is 25.8 Å². The van der Waals surface area contributed by atoms with Crippen LogP contribution in [0.5, 0.6) is 0 Å². The van der Waals surface area contributed by atoms with Crippen LogP contribution in [-0.4, -0.2) is 45.4 Å². The number of piperidine rings is 1. The van der Waals surface area contributed by atoms with Crippen molar-refractivity contribution in [3.05, 3.63) is 0 Å². The molecule has 1 fully saturated rings. The van der Waals surface area contributed by atoms with E-state index in [0.29, 0.717) is 31.6 Å². The summed E-state index contributed by atoms with van der Waals surface area (Å²) in [6.07, 6.45) is 1.70. The third-order valence-corrected chi connectivity index (χ3v) is 4.69. The van der Waals surface area contributed by atoms with E-state index < -0.39 is 10.2 Å². The van der Waals surface area contributed by atoms with Crippen molar-refractivity contribution in [2.24, 2.45) is 5.92 Å². The molecule has 2 N–H and O–H groups in total. The van der Waals surface area contributed by atoms with Gasteiger partial charge in [0.2, 0.25) is 0 Å².